The quantitative estimate of drug-likeness (QED) is 0.539. The molecule has 1 fully saturated rings. The van der Waals surface area contributed by atoms with Crippen molar-refractivity contribution in [3.63, 3.8) is 0 Å². The van der Waals surface area contributed by atoms with E-state index in [-0.39, 0.29) is 12.1 Å². The average Bonchev–Trinajstić information content (AvgIpc) is 2.00. The fourth-order valence-electron chi connectivity index (χ4n) is 1.14. The second-order valence-electron chi connectivity index (χ2n) is 2.52. The first-order valence-corrected chi connectivity index (χ1v) is 4.24. The van der Waals surface area contributed by atoms with Gasteiger partial charge in [-0.05, 0) is 12.8 Å². The monoisotopic (exact) mass is 145 g/mol. The highest BCUT2D eigenvalue weighted by molar-refractivity contribution is 4.76. The van der Waals surface area contributed by atoms with Gasteiger partial charge in [0.25, 0.3) is 0 Å². The first-order chi connectivity index (χ1) is 4.80. The first-order valence-electron chi connectivity index (χ1n) is 4.24. The summed E-state index contributed by atoms with van der Waals surface area (Å²) < 4.78 is 0. The molecule has 0 bridgehead atoms. The van der Waals surface area contributed by atoms with Crippen molar-refractivity contribution in [3.05, 3.63) is 0 Å². The highest BCUT2D eigenvalue weighted by Crippen LogP contribution is 2.15. The molecule has 1 aliphatic carbocycles. The molecule has 0 aromatic heterocycles. The molecule has 0 heterocycles. The number of aliphatic hydroxyl groups is 1. The normalized spacial score (nSPS) is 32.4. The van der Waals surface area contributed by atoms with E-state index in [1.54, 1.807) is 0 Å². The van der Waals surface area contributed by atoms with E-state index < -0.39 is 0 Å². The minimum atomic E-state index is -0.219. The molecule has 62 valence electrons. The molecule has 0 amide bonds. The van der Waals surface area contributed by atoms with Crippen LogP contribution in [-0.4, -0.2) is 17.3 Å². The van der Waals surface area contributed by atoms with Gasteiger partial charge in [-0.15, -0.1) is 0 Å². The van der Waals surface area contributed by atoms with Crippen LogP contribution in [0.4, 0.5) is 0 Å². The van der Waals surface area contributed by atoms with Gasteiger partial charge in [0.1, 0.15) is 0 Å². The third kappa shape index (κ3) is 3.18. The van der Waals surface area contributed by atoms with Crippen molar-refractivity contribution < 1.29 is 5.11 Å². The molecule has 2 unspecified atom stereocenters. The van der Waals surface area contributed by atoms with Gasteiger partial charge in [-0.1, -0.05) is 26.7 Å². The van der Waals surface area contributed by atoms with Crippen molar-refractivity contribution in [1.82, 2.24) is 0 Å². The SMILES string of the molecule is CC.NC1CCCCC1O. The number of aliphatic hydroxyl groups excluding tert-OH is 1. The zero-order valence-electron chi connectivity index (χ0n) is 7.01. The predicted molar refractivity (Wildman–Crippen MR) is 43.8 cm³/mol. The molecule has 0 radical (unpaired) electrons. The number of nitrogens with two attached hydrogens (primary N) is 1. The van der Waals surface area contributed by atoms with Crippen LogP contribution in [-0.2, 0) is 0 Å². The summed E-state index contributed by atoms with van der Waals surface area (Å²) in [4.78, 5) is 0. The standard InChI is InChI=1S/C6H13NO.C2H6/c7-5-3-1-2-4-6(5)8;1-2/h5-6,8H,1-4,7H2;1-2H3. The topological polar surface area (TPSA) is 46.2 Å². The number of hydrogen-bond donors (Lipinski definition) is 2. The molecule has 0 aromatic carbocycles. The molecule has 3 N–H and O–H groups in total. The zero-order valence-corrected chi connectivity index (χ0v) is 7.01. The number of hydrogen-bond acceptors (Lipinski definition) is 2. The molecule has 0 aromatic rings. The Balaban J connectivity index is 0.000000371. The van der Waals surface area contributed by atoms with Crippen LogP contribution in [0, 0.1) is 0 Å². The third-order valence-electron chi connectivity index (χ3n) is 1.78. The van der Waals surface area contributed by atoms with Crippen molar-refractivity contribution in [2.75, 3.05) is 0 Å². The fraction of sp³-hybridized carbons (Fsp3) is 1.00. The predicted octanol–water partition coefficient (Wildman–Crippen LogP) is 1.27. The second-order valence-corrected chi connectivity index (χ2v) is 2.52. The smallest absolute Gasteiger partial charge is 0.0691 e. The van der Waals surface area contributed by atoms with Crippen LogP contribution in [0.5, 0.6) is 0 Å². The Hall–Kier alpha value is -0.0800. The summed E-state index contributed by atoms with van der Waals surface area (Å²) in [6.45, 7) is 4.00. The molecular formula is C8H19NO. The average molecular weight is 145 g/mol. The van der Waals surface area contributed by atoms with Crippen LogP contribution in [0.15, 0.2) is 0 Å². The maximum atomic E-state index is 9.05. The largest absolute Gasteiger partial charge is 0.392 e. The zero-order chi connectivity index (χ0) is 7.98. The van der Waals surface area contributed by atoms with E-state index >= 15 is 0 Å². The highest BCUT2D eigenvalue weighted by Gasteiger charge is 2.17. The molecule has 2 atom stereocenters. The molecule has 1 aliphatic rings. The third-order valence-corrected chi connectivity index (χ3v) is 1.78. The van der Waals surface area contributed by atoms with Crippen molar-refractivity contribution >= 4 is 0 Å². The minimum absolute atomic E-state index is 0.0590. The Labute approximate surface area is 63.4 Å². The van der Waals surface area contributed by atoms with Crippen LogP contribution < -0.4 is 5.73 Å². The lowest BCUT2D eigenvalue weighted by molar-refractivity contribution is 0.108. The van der Waals surface area contributed by atoms with Gasteiger partial charge in [0.2, 0.25) is 0 Å². The molecular weight excluding hydrogens is 126 g/mol. The van der Waals surface area contributed by atoms with Crippen LogP contribution >= 0.6 is 0 Å². The van der Waals surface area contributed by atoms with Crippen LogP contribution in [0.3, 0.4) is 0 Å². The van der Waals surface area contributed by atoms with Gasteiger partial charge >= 0.3 is 0 Å². The van der Waals surface area contributed by atoms with E-state index in [1.807, 2.05) is 13.8 Å². The lowest BCUT2D eigenvalue weighted by Crippen LogP contribution is -2.37. The van der Waals surface area contributed by atoms with Gasteiger partial charge in [-0.3, -0.25) is 0 Å². The summed E-state index contributed by atoms with van der Waals surface area (Å²) in [6, 6.07) is 0.0590. The van der Waals surface area contributed by atoms with Crippen molar-refractivity contribution in [2.24, 2.45) is 5.73 Å². The molecule has 0 saturated heterocycles. The Morgan fingerprint density at radius 2 is 1.70 bits per heavy atom. The molecule has 2 heteroatoms. The summed E-state index contributed by atoms with van der Waals surface area (Å²) in [6.07, 6.45) is 4.03. The Bertz CT molecular complexity index is 65.7. The summed E-state index contributed by atoms with van der Waals surface area (Å²) in [5.74, 6) is 0. The summed E-state index contributed by atoms with van der Waals surface area (Å²) in [5, 5.41) is 9.05. The van der Waals surface area contributed by atoms with Gasteiger partial charge in [-0.25, -0.2) is 0 Å². The van der Waals surface area contributed by atoms with E-state index in [9.17, 15) is 0 Å². The lowest BCUT2D eigenvalue weighted by atomic mass is 9.94. The van der Waals surface area contributed by atoms with Crippen molar-refractivity contribution in [3.8, 4) is 0 Å². The van der Waals surface area contributed by atoms with E-state index in [1.165, 1.54) is 6.42 Å². The first kappa shape index (κ1) is 9.92. The lowest BCUT2D eigenvalue weighted by Gasteiger charge is -2.23. The second kappa shape index (κ2) is 5.69. The highest BCUT2D eigenvalue weighted by atomic mass is 16.3. The molecule has 0 aliphatic heterocycles. The van der Waals surface area contributed by atoms with Crippen LogP contribution in [0.25, 0.3) is 0 Å². The van der Waals surface area contributed by atoms with Crippen LogP contribution in [0.1, 0.15) is 39.5 Å². The Morgan fingerprint density at radius 3 is 2.00 bits per heavy atom. The molecule has 10 heavy (non-hydrogen) atoms. The summed E-state index contributed by atoms with van der Waals surface area (Å²) in [5.41, 5.74) is 5.53. The molecule has 1 saturated carbocycles. The van der Waals surface area contributed by atoms with Gasteiger partial charge < -0.3 is 10.8 Å². The van der Waals surface area contributed by atoms with Crippen molar-refractivity contribution in [2.45, 2.75) is 51.7 Å². The minimum Gasteiger partial charge on any atom is -0.392 e. The van der Waals surface area contributed by atoms with Gasteiger partial charge in [0.15, 0.2) is 0 Å². The van der Waals surface area contributed by atoms with Crippen LogP contribution in [0.2, 0.25) is 0 Å². The maximum Gasteiger partial charge on any atom is 0.0691 e. The summed E-state index contributed by atoms with van der Waals surface area (Å²) >= 11 is 0. The summed E-state index contributed by atoms with van der Waals surface area (Å²) in [7, 11) is 0. The van der Waals surface area contributed by atoms with E-state index in [0.29, 0.717) is 0 Å². The van der Waals surface area contributed by atoms with Gasteiger partial charge in [-0.2, -0.15) is 0 Å². The van der Waals surface area contributed by atoms with E-state index in [4.69, 9.17) is 10.8 Å². The van der Waals surface area contributed by atoms with Gasteiger partial charge in [0.05, 0.1) is 6.10 Å². The molecule has 2 nitrogen and oxygen atoms in total. The fourth-order valence-corrected chi connectivity index (χ4v) is 1.14. The van der Waals surface area contributed by atoms with E-state index in [2.05, 4.69) is 0 Å². The van der Waals surface area contributed by atoms with E-state index in [0.717, 1.165) is 19.3 Å². The van der Waals surface area contributed by atoms with Gasteiger partial charge in [0, 0.05) is 6.04 Å². The molecule has 1 rings (SSSR count). The number of rotatable bonds is 0. The Morgan fingerprint density at radius 1 is 1.20 bits per heavy atom. The Kier molecular flexibility index (Phi) is 5.64. The van der Waals surface area contributed by atoms with Crippen molar-refractivity contribution in [1.29, 1.82) is 0 Å². The molecule has 0 spiro atoms. The maximum absolute atomic E-state index is 9.05.